The van der Waals surface area contributed by atoms with E-state index in [2.05, 4.69) is 31.4 Å². The maximum atomic E-state index is 7.49. The number of nitrogens with zero attached hydrogens (tertiary/aromatic N) is 1. The monoisotopic (exact) mass is 383 g/mol. The summed E-state index contributed by atoms with van der Waals surface area (Å²) in [7, 11) is 0. The van der Waals surface area contributed by atoms with Crippen molar-refractivity contribution in [2.75, 3.05) is 6.79 Å². The molecule has 8 heteroatoms. The molecule has 0 saturated heterocycles. The summed E-state index contributed by atoms with van der Waals surface area (Å²) in [6.45, 7) is 7.17. The Labute approximate surface area is 161 Å². The third kappa shape index (κ3) is 7.00. The van der Waals surface area contributed by atoms with E-state index in [0.29, 0.717) is 12.5 Å². The standard InChI is InChI=1S/C18H29N5O2.ClH/c1-4-5-6-9-18(2,3)23-17(22-16(19)20)21-11-13-7-8-14-15(10-13)25-12-24-14;/h7-8,10H,4-6,9,11-12H2,1-3H3,(H5,19,20,21,22,23);1H. The summed E-state index contributed by atoms with van der Waals surface area (Å²) in [6.07, 6.45) is 4.48. The number of nitrogens with one attached hydrogen (secondary N) is 3. The number of fused-ring (bicyclic) bond motifs is 1. The van der Waals surface area contributed by atoms with Crippen molar-refractivity contribution in [3.63, 3.8) is 0 Å². The van der Waals surface area contributed by atoms with Crippen LogP contribution in [0.15, 0.2) is 23.2 Å². The molecule has 0 fully saturated rings. The lowest BCUT2D eigenvalue weighted by molar-refractivity contribution is 0.174. The predicted octanol–water partition coefficient (Wildman–Crippen LogP) is 3.12. The van der Waals surface area contributed by atoms with Crippen molar-refractivity contribution in [2.45, 2.75) is 58.5 Å². The van der Waals surface area contributed by atoms with Gasteiger partial charge in [-0.1, -0.05) is 32.3 Å². The van der Waals surface area contributed by atoms with Crippen molar-refractivity contribution in [1.82, 2.24) is 10.6 Å². The maximum Gasteiger partial charge on any atom is 0.231 e. The molecule has 0 saturated carbocycles. The first-order chi connectivity index (χ1) is 11.9. The second-order valence-corrected chi connectivity index (χ2v) is 6.81. The fourth-order valence-corrected chi connectivity index (χ4v) is 2.64. The fraction of sp³-hybridized carbons (Fsp3) is 0.556. The molecule has 0 atom stereocenters. The highest BCUT2D eigenvalue weighted by Crippen LogP contribution is 2.32. The average molecular weight is 384 g/mol. The molecular weight excluding hydrogens is 354 g/mol. The van der Waals surface area contributed by atoms with E-state index in [1.807, 2.05) is 18.2 Å². The SMILES string of the molecule is CCCCCC(C)(C)N=C(NCc1ccc2c(c1)OCO2)NC(=N)N.Cl. The van der Waals surface area contributed by atoms with Crippen molar-refractivity contribution in [1.29, 1.82) is 5.41 Å². The van der Waals surface area contributed by atoms with E-state index in [4.69, 9.17) is 25.6 Å². The van der Waals surface area contributed by atoms with Gasteiger partial charge in [-0.3, -0.25) is 10.7 Å². The third-order valence-electron chi connectivity index (χ3n) is 3.96. The van der Waals surface area contributed by atoms with E-state index in [0.717, 1.165) is 29.9 Å². The molecule has 0 bridgehead atoms. The number of guanidine groups is 2. The van der Waals surface area contributed by atoms with Crippen LogP contribution in [0.5, 0.6) is 11.5 Å². The zero-order valence-corrected chi connectivity index (χ0v) is 16.5. The second-order valence-electron chi connectivity index (χ2n) is 6.81. The number of benzene rings is 1. The average Bonchev–Trinajstić information content (AvgIpc) is 2.99. The molecule has 1 aromatic rings. The minimum absolute atomic E-state index is 0. The van der Waals surface area contributed by atoms with E-state index < -0.39 is 0 Å². The van der Waals surface area contributed by atoms with Gasteiger partial charge in [0.05, 0.1) is 5.54 Å². The molecule has 2 rings (SSSR count). The smallest absolute Gasteiger partial charge is 0.231 e. The van der Waals surface area contributed by atoms with E-state index in [1.54, 1.807) is 0 Å². The molecular formula is C18H30ClN5O2. The number of hydrogen-bond acceptors (Lipinski definition) is 4. The van der Waals surface area contributed by atoms with Gasteiger partial charge in [-0.15, -0.1) is 12.4 Å². The van der Waals surface area contributed by atoms with Gasteiger partial charge < -0.3 is 20.5 Å². The topological polar surface area (TPSA) is 105 Å². The van der Waals surface area contributed by atoms with Gasteiger partial charge in [0.25, 0.3) is 0 Å². The summed E-state index contributed by atoms with van der Waals surface area (Å²) >= 11 is 0. The van der Waals surface area contributed by atoms with E-state index in [9.17, 15) is 0 Å². The Hall–Kier alpha value is -2.15. The second kappa shape index (κ2) is 10.1. The van der Waals surface area contributed by atoms with Gasteiger partial charge in [0.15, 0.2) is 23.4 Å². The van der Waals surface area contributed by atoms with Crippen LogP contribution < -0.4 is 25.8 Å². The highest BCUT2D eigenvalue weighted by atomic mass is 35.5. The lowest BCUT2D eigenvalue weighted by Gasteiger charge is -2.22. The number of aliphatic imine (C=N–C) groups is 1. The van der Waals surface area contributed by atoms with Crippen LogP contribution in [0.25, 0.3) is 0 Å². The zero-order valence-electron chi connectivity index (χ0n) is 15.7. The Morgan fingerprint density at radius 3 is 2.69 bits per heavy atom. The maximum absolute atomic E-state index is 7.49. The van der Waals surface area contributed by atoms with Gasteiger partial charge in [-0.05, 0) is 38.0 Å². The first-order valence-electron chi connectivity index (χ1n) is 8.73. The van der Waals surface area contributed by atoms with E-state index >= 15 is 0 Å². The number of hydrogen-bond donors (Lipinski definition) is 4. The van der Waals surface area contributed by atoms with Crippen molar-refractivity contribution in [2.24, 2.45) is 10.7 Å². The highest BCUT2D eigenvalue weighted by molar-refractivity contribution is 5.96. The molecule has 0 aromatic heterocycles. The van der Waals surface area contributed by atoms with Crippen LogP contribution in [-0.2, 0) is 6.54 Å². The van der Waals surface area contributed by atoms with Crippen molar-refractivity contribution in [3.05, 3.63) is 23.8 Å². The van der Waals surface area contributed by atoms with Crippen molar-refractivity contribution >= 4 is 24.3 Å². The van der Waals surface area contributed by atoms with Gasteiger partial charge in [0.2, 0.25) is 6.79 Å². The number of unbranched alkanes of at least 4 members (excludes halogenated alkanes) is 2. The third-order valence-corrected chi connectivity index (χ3v) is 3.96. The first-order valence-corrected chi connectivity index (χ1v) is 8.73. The van der Waals surface area contributed by atoms with Gasteiger partial charge in [-0.2, -0.15) is 0 Å². The summed E-state index contributed by atoms with van der Waals surface area (Å²) in [6, 6.07) is 5.80. The molecule has 1 aliphatic rings. The molecule has 0 unspecified atom stereocenters. The van der Waals surface area contributed by atoms with Gasteiger partial charge in [0.1, 0.15) is 0 Å². The Bertz CT molecular complexity index is 634. The molecule has 5 N–H and O–H groups in total. The Morgan fingerprint density at radius 2 is 2.00 bits per heavy atom. The fourth-order valence-electron chi connectivity index (χ4n) is 2.64. The van der Waals surface area contributed by atoms with Crippen molar-refractivity contribution in [3.8, 4) is 11.5 Å². The Balaban J connectivity index is 0.00000338. The highest BCUT2D eigenvalue weighted by Gasteiger charge is 2.18. The minimum atomic E-state index is -0.227. The molecule has 7 nitrogen and oxygen atoms in total. The number of rotatable bonds is 7. The molecule has 0 radical (unpaired) electrons. The van der Waals surface area contributed by atoms with E-state index in [1.165, 1.54) is 12.8 Å². The molecule has 146 valence electrons. The molecule has 26 heavy (non-hydrogen) atoms. The predicted molar refractivity (Wildman–Crippen MR) is 107 cm³/mol. The molecule has 1 heterocycles. The summed E-state index contributed by atoms with van der Waals surface area (Å²) in [5.74, 6) is 1.88. The molecule has 0 aliphatic carbocycles. The zero-order chi connectivity index (χ0) is 18.3. The largest absolute Gasteiger partial charge is 0.454 e. The van der Waals surface area contributed by atoms with E-state index in [-0.39, 0.29) is 30.7 Å². The molecule has 1 aromatic carbocycles. The number of ether oxygens (including phenoxy) is 2. The lowest BCUT2D eigenvalue weighted by atomic mass is 9.98. The Morgan fingerprint density at radius 1 is 1.27 bits per heavy atom. The summed E-state index contributed by atoms with van der Waals surface area (Å²) in [4.78, 5) is 4.73. The van der Waals surface area contributed by atoms with Crippen LogP contribution in [0.4, 0.5) is 0 Å². The normalized spacial score (nSPS) is 13.1. The van der Waals surface area contributed by atoms with Crippen LogP contribution in [0.2, 0.25) is 0 Å². The van der Waals surface area contributed by atoms with Gasteiger partial charge in [0, 0.05) is 6.54 Å². The van der Waals surface area contributed by atoms with Crippen LogP contribution in [0.1, 0.15) is 52.0 Å². The van der Waals surface area contributed by atoms with Crippen LogP contribution in [0.3, 0.4) is 0 Å². The van der Waals surface area contributed by atoms with Crippen LogP contribution in [-0.4, -0.2) is 24.3 Å². The Kier molecular flexibility index (Phi) is 8.51. The summed E-state index contributed by atoms with van der Waals surface area (Å²) in [5, 5.41) is 13.5. The number of halogens is 1. The van der Waals surface area contributed by atoms with Crippen molar-refractivity contribution < 1.29 is 9.47 Å². The molecule has 1 aliphatic heterocycles. The van der Waals surface area contributed by atoms with Gasteiger partial charge >= 0.3 is 0 Å². The lowest BCUT2D eigenvalue weighted by Crippen LogP contribution is -2.45. The van der Waals surface area contributed by atoms with Crippen LogP contribution >= 0.6 is 12.4 Å². The first kappa shape index (κ1) is 21.9. The van der Waals surface area contributed by atoms with Gasteiger partial charge in [-0.25, -0.2) is 4.99 Å². The number of nitrogens with two attached hydrogens (primary N) is 1. The van der Waals surface area contributed by atoms with Crippen LogP contribution in [0, 0.1) is 5.41 Å². The molecule has 0 spiro atoms. The summed E-state index contributed by atoms with van der Waals surface area (Å²) < 4.78 is 10.7. The molecule has 0 amide bonds. The minimum Gasteiger partial charge on any atom is -0.454 e. The quantitative estimate of drug-likeness (QED) is 0.329. The summed E-state index contributed by atoms with van der Waals surface area (Å²) in [5.41, 5.74) is 6.30.